The van der Waals surface area contributed by atoms with Gasteiger partial charge >= 0.3 is 12.1 Å². The van der Waals surface area contributed by atoms with Crippen LogP contribution in [-0.4, -0.2) is 48.8 Å². The van der Waals surface area contributed by atoms with Gasteiger partial charge in [-0.2, -0.15) is 0 Å². The quantitative estimate of drug-likeness (QED) is 0.722. The third-order valence-corrected chi connectivity index (χ3v) is 5.12. The van der Waals surface area contributed by atoms with E-state index in [2.05, 4.69) is 10.1 Å². The van der Waals surface area contributed by atoms with Gasteiger partial charge < -0.3 is 19.7 Å². The summed E-state index contributed by atoms with van der Waals surface area (Å²) in [6, 6.07) is 2.53. The molecular formula is C20H28ClFN2O4. The molecule has 1 aliphatic rings. The molecule has 1 heterocycles. The minimum Gasteiger partial charge on any atom is -0.465 e. The highest BCUT2D eigenvalue weighted by molar-refractivity contribution is 6.33. The Morgan fingerprint density at radius 1 is 1.29 bits per heavy atom. The number of carbonyl (C=O) groups is 2. The fourth-order valence-corrected chi connectivity index (χ4v) is 3.37. The number of esters is 1. The lowest BCUT2D eigenvalue weighted by molar-refractivity contribution is 0.0179. The Balaban J connectivity index is 1.99. The highest BCUT2D eigenvalue weighted by Gasteiger charge is 2.29. The van der Waals surface area contributed by atoms with E-state index in [0.717, 1.165) is 18.9 Å². The fourth-order valence-electron chi connectivity index (χ4n) is 3.20. The summed E-state index contributed by atoms with van der Waals surface area (Å²) in [6.45, 7) is 8.69. The lowest BCUT2D eigenvalue weighted by Crippen LogP contribution is -2.44. The van der Waals surface area contributed by atoms with E-state index in [4.69, 9.17) is 16.3 Å². The predicted molar refractivity (Wildman–Crippen MR) is 106 cm³/mol. The predicted octanol–water partition coefficient (Wildman–Crippen LogP) is 4.71. The van der Waals surface area contributed by atoms with Gasteiger partial charge in [-0.3, -0.25) is 0 Å². The van der Waals surface area contributed by atoms with E-state index < -0.39 is 17.4 Å². The normalized spacial score (nSPS) is 16.5. The number of carbonyl (C=O) groups excluding carboxylic acids is 2. The molecule has 156 valence electrons. The third-order valence-electron chi connectivity index (χ3n) is 4.73. The first-order valence-corrected chi connectivity index (χ1v) is 9.71. The average molecular weight is 415 g/mol. The molecular weight excluding hydrogens is 387 g/mol. The van der Waals surface area contributed by atoms with Crippen molar-refractivity contribution in [3.05, 3.63) is 28.5 Å². The minimum atomic E-state index is -0.681. The Morgan fingerprint density at radius 3 is 2.43 bits per heavy atom. The molecule has 6 nitrogen and oxygen atoms in total. The second-order valence-electron chi connectivity index (χ2n) is 8.05. The van der Waals surface area contributed by atoms with E-state index >= 15 is 0 Å². The Labute approximate surface area is 170 Å². The lowest BCUT2D eigenvalue weighted by Gasteiger charge is -2.36. The molecule has 0 aliphatic carbocycles. The molecule has 1 atom stereocenters. The van der Waals surface area contributed by atoms with Gasteiger partial charge in [-0.15, -0.1) is 0 Å². The van der Waals surface area contributed by atoms with E-state index in [-0.39, 0.29) is 28.6 Å². The van der Waals surface area contributed by atoms with E-state index in [1.165, 1.54) is 13.2 Å². The zero-order valence-corrected chi connectivity index (χ0v) is 17.7. The summed E-state index contributed by atoms with van der Waals surface area (Å²) >= 11 is 6.06. The second kappa shape index (κ2) is 8.99. The molecule has 1 aliphatic heterocycles. The van der Waals surface area contributed by atoms with Gasteiger partial charge in [-0.25, -0.2) is 14.0 Å². The zero-order valence-electron chi connectivity index (χ0n) is 17.0. The maximum atomic E-state index is 14.1. The van der Waals surface area contributed by atoms with Crippen molar-refractivity contribution in [2.24, 2.45) is 5.92 Å². The summed E-state index contributed by atoms with van der Waals surface area (Å²) in [5, 5.41) is 3.14. The number of nitrogens with one attached hydrogen (secondary N) is 1. The van der Waals surface area contributed by atoms with Crippen LogP contribution in [0.3, 0.4) is 0 Å². The number of ether oxygens (including phenoxy) is 2. The zero-order chi connectivity index (χ0) is 21.1. The summed E-state index contributed by atoms with van der Waals surface area (Å²) in [6.07, 6.45) is 1.26. The summed E-state index contributed by atoms with van der Waals surface area (Å²) in [5.74, 6) is -1.05. The Morgan fingerprint density at radius 2 is 1.89 bits per heavy atom. The summed E-state index contributed by atoms with van der Waals surface area (Å²) in [5.41, 5.74) is -0.0724. The van der Waals surface area contributed by atoms with Gasteiger partial charge in [0, 0.05) is 19.1 Å². The van der Waals surface area contributed by atoms with Gasteiger partial charge in [0.1, 0.15) is 11.4 Å². The minimum absolute atomic E-state index is 0.0226. The van der Waals surface area contributed by atoms with Gasteiger partial charge in [0.2, 0.25) is 0 Å². The molecule has 1 aromatic carbocycles. The molecule has 0 radical (unpaired) electrons. The third kappa shape index (κ3) is 5.74. The molecule has 1 aromatic rings. The van der Waals surface area contributed by atoms with Crippen LogP contribution in [0.1, 0.15) is 50.9 Å². The fraction of sp³-hybridized carbons (Fsp3) is 0.600. The van der Waals surface area contributed by atoms with E-state index in [1.807, 2.05) is 27.7 Å². The smallest absolute Gasteiger partial charge is 0.410 e. The molecule has 0 bridgehead atoms. The summed E-state index contributed by atoms with van der Waals surface area (Å²) < 4.78 is 24.1. The largest absolute Gasteiger partial charge is 0.465 e. The molecule has 1 amide bonds. The van der Waals surface area contributed by atoms with Crippen LogP contribution in [-0.2, 0) is 9.47 Å². The number of benzene rings is 1. The van der Waals surface area contributed by atoms with Crippen molar-refractivity contribution >= 4 is 29.4 Å². The first-order chi connectivity index (χ1) is 13.0. The highest BCUT2D eigenvalue weighted by atomic mass is 35.5. The Hall–Kier alpha value is -2.02. The van der Waals surface area contributed by atoms with Gasteiger partial charge in [0.05, 0.1) is 23.4 Å². The molecule has 8 heteroatoms. The van der Waals surface area contributed by atoms with Crippen LogP contribution in [0.4, 0.5) is 14.9 Å². The van der Waals surface area contributed by atoms with Gasteiger partial charge in [0.15, 0.2) is 0 Å². The van der Waals surface area contributed by atoms with Crippen LogP contribution in [0.5, 0.6) is 0 Å². The summed E-state index contributed by atoms with van der Waals surface area (Å²) in [4.78, 5) is 25.6. The van der Waals surface area contributed by atoms with Crippen molar-refractivity contribution in [1.82, 2.24) is 4.90 Å². The number of amides is 1. The molecule has 28 heavy (non-hydrogen) atoms. The van der Waals surface area contributed by atoms with Gasteiger partial charge in [-0.1, -0.05) is 11.6 Å². The van der Waals surface area contributed by atoms with Crippen molar-refractivity contribution in [2.45, 2.75) is 52.2 Å². The molecule has 1 unspecified atom stereocenters. The molecule has 0 saturated carbocycles. The van der Waals surface area contributed by atoms with Crippen LogP contribution in [0.15, 0.2) is 12.1 Å². The van der Waals surface area contributed by atoms with Crippen LogP contribution in [0.2, 0.25) is 5.02 Å². The lowest BCUT2D eigenvalue weighted by atomic mass is 9.90. The summed E-state index contributed by atoms with van der Waals surface area (Å²) in [7, 11) is 1.24. The maximum absolute atomic E-state index is 14.1. The van der Waals surface area contributed by atoms with Crippen molar-refractivity contribution in [3.63, 3.8) is 0 Å². The second-order valence-corrected chi connectivity index (χ2v) is 8.43. The standard InChI is InChI=1S/C20H28ClFN2O4/c1-12(13-6-8-24(9-7-13)19(26)28-20(2,3)4)23-16-11-14(18(25)27-5)10-15(22)17(16)21/h10-13,23H,6-9H2,1-5H3. The molecule has 0 spiro atoms. The van der Waals surface area contributed by atoms with Crippen molar-refractivity contribution < 1.29 is 23.5 Å². The molecule has 2 rings (SSSR count). The van der Waals surface area contributed by atoms with E-state index in [9.17, 15) is 14.0 Å². The van der Waals surface area contributed by atoms with Crippen LogP contribution < -0.4 is 5.32 Å². The van der Waals surface area contributed by atoms with Gasteiger partial charge in [0.25, 0.3) is 0 Å². The van der Waals surface area contributed by atoms with Crippen LogP contribution in [0.25, 0.3) is 0 Å². The molecule has 1 fully saturated rings. The number of rotatable bonds is 4. The first kappa shape index (κ1) is 22.3. The number of hydrogen-bond donors (Lipinski definition) is 1. The van der Waals surface area contributed by atoms with E-state index in [0.29, 0.717) is 18.8 Å². The van der Waals surface area contributed by atoms with Crippen molar-refractivity contribution in [3.8, 4) is 0 Å². The Bertz CT molecular complexity index is 728. The molecule has 1 N–H and O–H groups in total. The molecule has 0 aromatic heterocycles. The number of hydrogen-bond acceptors (Lipinski definition) is 5. The van der Waals surface area contributed by atoms with Crippen molar-refractivity contribution in [1.29, 1.82) is 0 Å². The van der Waals surface area contributed by atoms with E-state index in [1.54, 1.807) is 4.90 Å². The first-order valence-electron chi connectivity index (χ1n) is 9.33. The van der Waals surface area contributed by atoms with Crippen LogP contribution >= 0.6 is 11.6 Å². The number of methoxy groups -OCH3 is 1. The number of halogens is 2. The number of likely N-dealkylation sites (tertiary alicyclic amines) is 1. The molecule has 1 saturated heterocycles. The number of anilines is 1. The topological polar surface area (TPSA) is 67.9 Å². The van der Waals surface area contributed by atoms with Crippen molar-refractivity contribution in [2.75, 3.05) is 25.5 Å². The Kier molecular flexibility index (Phi) is 7.15. The SMILES string of the molecule is COC(=O)c1cc(F)c(Cl)c(NC(C)C2CCN(C(=O)OC(C)(C)C)CC2)c1. The van der Waals surface area contributed by atoms with Crippen LogP contribution in [0, 0.1) is 11.7 Å². The number of nitrogens with zero attached hydrogens (tertiary/aromatic N) is 1. The average Bonchev–Trinajstić information content (AvgIpc) is 2.63. The van der Waals surface area contributed by atoms with Gasteiger partial charge in [-0.05, 0) is 58.6 Å². The monoisotopic (exact) mass is 414 g/mol. The number of piperidine rings is 1. The maximum Gasteiger partial charge on any atom is 0.410 e. The highest BCUT2D eigenvalue weighted by Crippen LogP contribution is 2.30.